The van der Waals surface area contributed by atoms with Crippen LogP contribution in [0.15, 0.2) is 97.3 Å². The molecule has 0 atom stereocenters. The van der Waals surface area contributed by atoms with Crippen molar-refractivity contribution < 1.29 is 9.53 Å². The normalized spacial score (nSPS) is 10.9. The van der Waals surface area contributed by atoms with Gasteiger partial charge in [-0.05, 0) is 46.5 Å². The highest BCUT2D eigenvalue weighted by atomic mass is 32.1. The second-order valence-corrected chi connectivity index (χ2v) is 8.92. The maximum Gasteiger partial charge on any atom is 0.233 e. The number of aromatic nitrogens is 2. The van der Waals surface area contributed by atoms with Crippen LogP contribution in [0, 0.1) is 0 Å². The number of anilines is 1. The molecule has 5 aromatic rings. The van der Waals surface area contributed by atoms with Gasteiger partial charge in [-0.2, -0.15) is 0 Å². The molecule has 1 amide bonds. The van der Waals surface area contributed by atoms with Crippen molar-refractivity contribution in [3.8, 4) is 16.9 Å². The van der Waals surface area contributed by atoms with Gasteiger partial charge in [0.05, 0.1) is 30.3 Å². The standard InChI is InChI=1S/C28H23N3O2S/c1-33-24-13-14-25-26(17-24)34-28(30-25)31(19-21-6-5-15-29-18-21)27(32)16-20-9-11-23(12-10-20)22-7-3-2-4-8-22/h2-15,17-18H,16,19H2,1H3. The molecule has 6 heteroatoms. The fraction of sp³-hybridized carbons (Fsp3) is 0.107. The van der Waals surface area contributed by atoms with Gasteiger partial charge < -0.3 is 4.74 Å². The van der Waals surface area contributed by atoms with Crippen molar-refractivity contribution in [3.05, 3.63) is 108 Å². The molecular weight excluding hydrogens is 442 g/mol. The molecule has 0 spiro atoms. The van der Waals surface area contributed by atoms with E-state index in [9.17, 15) is 4.79 Å². The van der Waals surface area contributed by atoms with Crippen LogP contribution < -0.4 is 9.64 Å². The second-order valence-electron chi connectivity index (χ2n) is 7.91. The van der Waals surface area contributed by atoms with Crippen LogP contribution in [-0.2, 0) is 17.8 Å². The van der Waals surface area contributed by atoms with E-state index in [-0.39, 0.29) is 12.3 Å². The van der Waals surface area contributed by atoms with Crippen molar-refractivity contribution in [2.75, 3.05) is 12.0 Å². The summed E-state index contributed by atoms with van der Waals surface area (Å²) in [6.45, 7) is 0.408. The van der Waals surface area contributed by atoms with Crippen LogP contribution in [0.1, 0.15) is 11.1 Å². The Labute approximate surface area is 202 Å². The van der Waals surface area contributed by atoms with Crippen molar-refractivity contribution in [3.63, 3.8) is 0 Å². The number of rotatable bonds is 7. The van der Waals surface area contributed by atoms with Crippen molar-refractivity contribution >= 4 is 32.6 Å². The molecule has 0 aliphatic rings. The maximum absolute atomic E-state index is 13.5. The number of fused-ring (bicyclic) bond motifs is 1. The summed E-state index contributed by atoms with van der Waals surface area (Å²) in [5.41, 5.74) is 5.04. The fourth-order valence-corrected chi connectivity index (χ4v) is 4.80. The second kappa shape index (κ2) is 9.85. The SMILES string of the molecule is COc1ccc2nc(N(Cc3cccnc3)C(=O)Cc3ccc(-c4ccccc4)cc3)sc2c1. The van der Waals surface area contributed by atoms with E-state index in [1.165, 1.54) is 11.3 Å². The average Bonchev–Trinajstić information content (AvgIpc) is 3.31. The predicted molar refractivity (Wildman–Crippen MR) is 137 cm³/mol. The first-order valence-electron chi connectivity index (χ1n) is 11.0. The van der Waals surface area contributed by atoms with E-state index in [4.69, 9.17) is 9.72 Å². The third-order valence-electron chi connectivity index (χ3n) is 5.60. The lowest BCUT2D eigenvalue weighted by molar-refractivity contribution is -0.118. The molecule has 0 aliphatic carbocycles. The Hall–Kier alpha value is -4.03. The minimum Gasteiger partial charge on any atom is -0.497 e. The number of hydrogen-bond donors (Lipinski definition) is 0. The van der Waals surface area contributed by atoms with Gasteiger partial charge in [-0.3, -0.25) is 14.7 Å². The van der Waals surface area contributed by atoms with Crippen molar-refractivity contribution in [1.82, 2.24) is 9.97 Å². The average molecular weight is 466 g/mol. The smallest absolute Gasteiger partial charge is 0.233 e. The molecule has 0 unspecified atom stereocenters. The maximum atomic E-state index is 13.5. The van der Waals surface area contributed by atoms with Gasteiger partial charge in [-0.1, -0.05) is 72.0 Å². The summed E-state index contributed by atoms with van der Waals surface area (Å²) in [5, 5.41) is 0.665. The van der Waals surface area contributed by atoms with E-state index in [0.29, 0.717) is 11.7 Å². The van der Waals surface area contributed by atoms with E-state index >= 15 is 0 Å². The van der Waals surface area contributed by atoms with Gasteiger partial charge in [-0.25, -0.2) is 4.98 Å². The van der Waals surface area contributed by atoms with Gasteiger partial charge in [0.1, 0.15) is 5.75 Å². The summed E-state index contributed by atoms with van der Waals surface area (Å²) in [5.74, 6) is 0.758. The first-order chi connectivity index (χ1) is 16.7. The topological polar surface area (TPSA) is 55.3 Å². The summed E-state index contributed by atoms with van der Waals surface area (Å²) in [4.78, 5) is 24.2. The van der Waals surface area contributed by atoms with Crippen LogP contribution in [0.25, 0.3) is 21.3 Å². The number of nitrogens with zero attached hydrogens (tertiary/aromatic N) is 3. The van der Waals surface area contributed by atoms with Crippen LogP contribution in [-0.4, -0.2) is 23.0 Å². The molecular formula is C28H23N3O2S. The van der Waals surface area contributed by atoms with E-state index in [2.05, 4.69) is 29.2 Å². The molecule has 0 radical (unpaired) electrons. The number of benzene rings is 3. The summed E-state index contributed by atoms with van der Waals surface area (Å²) in [7, 11) is 1.64. The quantitative estimate of drug-likeness (QED) is 0.290. The van der Waals surface area contributed by atoms with Crippen LogP contribution in [0.5, 0.6) is 5.75 Å². The molecule has 5 rings (SSSR count). The zero-order valence-electron chi connectivity index (χ0n) is 18.7. The number of hydrogen-bond acceptors (Lipinski definition) is 5. The molecule has 0 bridgehead atoms. The van der Waals surface area contributed by atoms with Crippen LogP contribution >= 0.6 is 11.3 Å². The monoisotopic (exact) mass is 465 g/mol. The third kappa shape index (κ3) is 4.82. The lowest BCUT2D eigenvalue weighted by Crippen LogP contribution is -2.31. The Morgan fingerprint density at radius 2 is 1.71 bits per heavy atom. The van der Waals surface area contributed by atoms with Crippen molar-refractivity contribution in [2.45, 2.75) is 13.0 Å². The van der Waals surface area contributed by atoms with Gasteiger partial charge in [0, 0.05) is 12.4 Å². The zero-order valence-corrected chi connectivity index (χ0v) is 19.5. The zero-order chi connectivity index (χ0) is 23.3. The summed E-state index contributed by atoms with van der Waals surface area (Å²) >= 11 is 1.49. The highest BCUT2D eigenvalue weighted by molar-refractivity contribution is 7.22. The van der Waals surface area contributed by atoms with Crippen LogP contribution in [0.3, 0.4) is 0 Å². The highest BCUT2D eigenvalue weighted by Gasteiger charge is 2.21. The molecule has 168 valence electrons. The summed E-state index contributed by atoms with van der Waals surface area (Å²) in [6, 6.07) is 28.0. The molecule has 0 N–H and O–H groups in total. The Bertz CT molecular complexity index is 1400. The lowest BCUT2D eigenvalue weighted by atomic mass is 10.0. The van der Waals surface area contributed by atoms with E-state index in [1.807, 2.05) is 60.7 Å². The number of ether oxygens (including phenoxy) is 1. The first-order valence-corrected chi connectivity index (χ1v) is 11.8. The van der Waals surface area contributed by atoms with Gasteiger partial charge in [0.15, 0.2) is 5.13 Å². The Kier molecular flexibility index (Phi) is 6.31. The Morgan fingerprint density at radius 3 is 2.44 bits per heavy atom. The van der Waals surface area contributed by atoms with E-state index in [0.717, 1.165) is 38.2 Å². The van der Waals surface area contributed by atoms with E-state index < -0.39 is 0 Å². The number of pyridine rings is 1. The van der Waals surface area contributed by atoms with Gasteiger partial charge in [0.2, 0.25) is 5.91 Å². The first kappa shape index (κ1) is 21.8. The Balaban J connectivity index is 1.42. The highest BCUT2D eigenvalue weighted by Crippen LogP contribution is 2.32. The molecule has 34 heavy (non-hydrogen) atoms. The van der Waals surface area contributed by atoms with Gasteiger partial charge in [0.25, 0.3) is 0 Å². The molecule has 0 saturated heterocycles. The summed E-state index contributed by atoms with van der Waals surface area (Å²) in [6.07, 6.45) is 3.80. The number of carbonyl (C=O) groups excluding carboxylic acids is 1. The molecule has 2 aromatic heterocycles. The minimum absolute atomic E-state index is 0.0117. The Morgan fingerprint density at radius 1 is 0.912 bits per heavy atom. The molecule has 2 heterocycles. The van der Waals surface area contributed by atoms with E-state index in [1.54, 1.807) is 24.4 Å². The molecule has 5 nitrogen and oxygen atoms in total. The number of amides is 1. The third-order valence-corrected chi connectivity index (χ3v) is 6.64. The minimum atomic E-state index is -0.0117. The molecule has 0 fully saturated rings. The van der Waals surface area contributed by atoms with Crippen LogP contribution in [0.2, 0.25) is 0 Å². The molecule has 3 aromatic carbocycles. The lowest BCUT2D eigenvalue weighted by Gasteiger charge is -2.20. The van der Waals surface area contributed by atoms with Gasteiger partial charge >= 0.3 is 0 Å². The predicted octanol–water partition coefficient (Wildman–Crippen LogP) is 6.14. The number of carbonyl (C=O) groups is 1. The summed E-state index contributed by atoms with van der Waals surface area (Å²) < 4.78 is 6.32. The number of methoxy groups -OCH3 is 1. The van der Waals surface area contributed by atoms with Gasteiger partial charge in [-0.15, -0.1) is 0 Å². The van der Waals surface area contributed by atoms with Crippen molar-refractivity contribution in [2.24, 2.45) is 0 Å². The largest absolute Gasteiger partial charge is 0.497 e. The van der Waals surface area contributed by atoms with Crippen molar-refractivity contribution in [1.29, 1.82) is 0 Å². The fourth-order valence-electron chi connectivity index (χ4n) is 3.79. The number of thiazole rings is 1. The molecule has 0 saturated carbocycles. The van der Waals surface area contributed by atoms with Crippen LogP contribution in [0.4, 0.5) is 5.13 Å². The molecule has 0 aliphatic heterocycles.